The first-order valence-electron chi connectivity index (χ1n) is 2.41. The van der Waals surface area contributed by atoms with E-state index in [1.807, 2.05) is 6.19 Å². The number of nitrogens with zero attached hydrogens (tertiary/aromatic N) is 3. The van der Waals surface area contributed by atoms with Crippen molar-refractivity contribution in [2.24, 2.45) is 4.99 Å². The number of hydrogen-bond acceptors (Lipinski definition) is 3. The maximum atomic E-state index is 8.72. The molecule has 0 aromatic heterocycles. The Morgan fingerprint density at radius 1 is 1.89 bits per heavy atom. The summed E-state index contributed by atoms with van der Waals surface area (Å²) in [6, 6.07) is 0. The Bertz CT molecular complexity index is 201. The van der Waals surface area contributed by atoms with Gasteiger partial charge in [-0.25, -0.2) is 4.99 Å². The van der Waals surface area contributed by atoms with Crippen LogP contribution in [0.2, 0.25) is 0 Å². The van der Waals surface area contributed by atoms with E-state index in [9.17, 15) is 0 Å². The number of rotatable bonds is 0. The van der Waals surface area contributed by atoms with Crippen LogP contribution in [0.1, 0.15) is 0 Å². The molecule has 0 unspecified atom stereocenters. The van der Waals surface area contributed by atoms with Gasteiger partial charge in [0.05, 0.1) is 0 Å². The minimum atomic E-state index is -0.0287. The molecular weight excluding hydrogens is 118 g/mol. The van der Waals surface area contributed by atoms with Crippen LogP contribution >= 0.6 is 0 Å². The van der Waals surface area contributed by atoms with Gasteiger partial charge < -0.3 is 5.11 Å². The first kappa shape index (κ1) is 5.63. The van der Waals surface area contributed by atoms with Gasteiger partial charge in [0.2, 0.25) is 5.90 Å². The van der Waals surface area contributed by atoms with Crippen molar-refractivity contribution in [2.75, 3.05) is 6.54 Å². The van der Waals surface area contributed by atoms with E-state index in [4.69, 9.17) is 10.4 Å². The second-order valence-corrected chi connectivity index (χ2v) is 1.57. The first-order chi connectivity index (χ1) is 4.33. The standard InChI is InChI=1S/C5H5N3O/c6-4-8-2-1-7-5(9)3-8/h1-2H,3H2,(H,7,9). The topological polar surface area (TPSA) is 59.6 Å². The zero-order valence-corrected chi connectivity index (χ0v) is 4.65. The van der Waals surface area contributed by atoms with Crippen molar-refractivity contribution in [1.82, 2.24) is 4.90 Å². The lowest BCUT2D eigenvalue weighted by Gasteiger charge is -2.10. The molecule has 0 fully saturated rings. The third-order valence-corrected chi connectivity index (χ3v) is 0.910. The Morgan fingerprint density at radius 2 is 2.67 bits per heavy atom. The van der Waals surface area contributed by atoms with E-state index in [1.54, 1.807) is 0 Å². The van der Waals surface area contributed by atoms with Gasteiger partial charge in [0.1, 0.15) is 6.54 Å². The van der Waals surface area contributed by atoms with Crippen LogP contribution in [0.4, 0.5) is 0 Å². The minimum absolute atomic E-state index is 0.0287. The van der Waals surface area contributed by atoms with Crippen molar-refractivity contribution in [2.45, 2.75) is 0 Å². The van der Waals surface area contributed by atoms with Gasteiger partial charge in [0.25, 0.3) is 0 Å². The summed E-state index contributed by atoms with van der Waals surface area (Å²) in [7, 11) is 0. The molecule has 1 aliphatic rings. The number of aliphatic imine (C=N–C) groups is 1. The molecular formula is C5H5N3O. The molecule has 0 aromatic carbocycles. The van der Waals surface area contributed by atoms with E-state index in [-0.39, 0.29) is 12.4 Å². The normalized spacial score (nSPS) is 16.8. The van der Waals surface area contributed by atoms with Gasteiger partial charge in [-0.2, -0.15) is 5.26 Å². The monoisotopic (exact) mass is 123 g/mol. The van der Waals surface area contributed by atoms with Crippen molar-refractivity contribution in [3.63, 3.8) is 0 Å². The second-order valence-electron chi connectivity index (χ2n) is 1.57. The van der Waals surface area contributed by atoms with Gasteiger partial charge in [0, 0.05) is 12.4 Å². The van der Waals surface area contributed by atoms with Gasteiger partial charge in [-0.3, -0.25) is 4.90 Å². The fourth-order valence-electron chi connectivity index (χ4n) is 0.514. The molecule has 4 nitrogen and oxygen atoms in total. The molecule has 0 saturated carbocycles. The Kier molecular flexibility index (Phi) is 1.36. The predicted octanol–water partition coefficient (Wildman–Crippen LogP) is 0.211. The molecule has 0 atom stereocenters. The second kappa shape index (κ2) is 2.18. The van der Waals surface area contributed by atoms with E-state index in [0.29, 0.717) is 0 Å². The van der Waals surface area contributed by atoms with Crippen LogP contribution in [0, 0.1) is 11.5 Å². The molecule has 1 rings (SSSR count). The highest BCUT2D eigenvalue weighted by Gasteiger charge is 2.04. The summed E-state index contributed by atoms with van der Waals surface area (Å²) in [6.45, 7) is 0.188. The molecule has 1 N–H and O–H groups in total. The minimum Gasteiger partial charge on any atom is -0.495 e. The maximum absolute atomic E-state index is 8.72. The molecule has 1 heterocycles. The average Bonchev–Trinajstić information content (AvgIpc) is 1.88. The van der Waals surface area contributed by atoms with Crippen molar-refractivity contribution in [3.8, 4) is 6.19 Å². The molecule has 9 heavy (non-hydrogen) atoms. The molecule has 4 heteroatoms. The summed E-state index contributed by atoms with van der Waals surface area (Å²) in [5.41, 5.74) is 0. The van der Waals surface area contributed by atoms with Gasteiger partial charge >= 0.3 is 0 Å². The maximum Gasteiger partial charge on any atom is 0.206 e. The third kappa shape index (κ3) is 1.19. The van der Waals surface area contributed by atoms with Crippen LogP contribution in [0.3, 0.4) is 0 Å². The van der Waals surface area contributed by atoms with Crippen LogP contribution in [-0.4, -0.2) is 22.4 Å². The van der Waals surface area contributed by atoms with E-state index >= 15 is 0 Å². The summed E-state index contributed by atoms with van der Waals surface area (Å²) < 4.78 is 0. The predicted molar refractivity (Wildman–Crippen MR) is 31.5 cm³/mol. The number of nitriles is 1. The molecule has 0 radical (unpaired) electrons. The summed E-state index contributed by atoms with van der Waals surface area (Å²) in [4.78, 5) is 4.81. The van der Waals surface area contributed by atoms with Gasteiger partial charge in [-0.05, 0) is 0 Å². The lowest BCUT2D eigenvalue weighted by Crippen LogP contribution is -2.22. The molecule has 0 spiro atoms. The van der Waals surface area contributed by atoms with Crippen LogP contribution in [0.25, 0.3) is 0 Å². The fraction of sp³-hybridized carbons (Fsp3) is 0.200. The smallest absolute Gasteiger partial charge is 0.206 e. The highest BCUT2D eigenvalue weighted by molar-refractivity contribution is 5.77. The molecule has 0 aromatic rings. The molecule has 0 saturated heterocycles. The van der Waals surface area contributed by atoms with Crippen molar-refractivity contribution < 1.29 is 5.11 Å². The lowest BCUT2D eigenvalue weighted by molar-refractivity contribution is 0.478. The van der Waals surface area contributed by atoms with Crippen LogP contribution in [0.5, 0.6) is 0 Å². The molecule has 1 aliphatic heterocycles. The van der Waals surface area contributed by atoms with Crippen LogP contribution < -0.4 is 0 Å². The Hall–Kier alpha value is -1.50. The van der Waals surface area contributed by atoms with Gasteiger partial charge in [0.15, 0.2) is 6.19 Å². The van der Waals surface area contributed by atoms with Crippen molar-refractivity contribution >= 4 is 5.90 Å². The van der Waals surface area contributed by atoms with Crippen molar-refractivity contribution in [3.05, 3.63) is 12.4 Å². The quantitative estimate of drug-likeness (QED) is 0.468. The Labute approximate surface area is 52.3 Å². The van der Waals surface area contributed by atoms with E-state index in [2.05, 4.69) is 4.99 Å². The molecule has 46 valence electrons. The third-order valence-electron chi connectivity index (χ3n) is 0.910. The van der Waals surface area contributed by atoms with Gasteiger partial charge in [-0.15, -0.1) is 0 Å². The highest BCUT2D eigenvalue weighted by Crippen LogP contribution is 1.94. The summed E-state index contributed by atoms with van der Waals surface area (Å²) in [5.74, 6) is -0.0287. The molecule has 0 bridgehead atoms. The average molecular weight is 123 g/mol. The summed E-state index contributed by atoms with van der Waals surface area (Å²) in [5, 5.41) is 17.0. The SMILES string of the molecule is N#CN1C=CN=C(O)C1. The number of aliphatic hydroxyl groups is 1. The fourth-order valence-corrected chi connectivity index (χ4v) is 0.514. The van der Waals surface area contributed by atoms with Crippen molar-refractivity contribution in [1.29, 1.82) is 5.26 Å². The number of hydrogen-bond donors (Lipinski definition) is 1. The largest absolute Gasteiger partial charge is 0.495 e. The Balaban J connectivity index is 2.64. The Morgan fingerprint density at radius 3 is 3.11 bits per heavy atom. The molecule has 0 aliphatic carbocycles. The van der Waals surface area contributed by atoms with Crippen LogP contribution in [-0.2, 0) is 0 Å². The first-order valence-corrected chi connectivity index (χ1v) is 2.41. The summed E-state index contributed by atoms with van der Waals surface area (Å²) >= 11 is 0. The lowest BCUT2D eigenvalue weighted by atomic mass is 10.5. The highest BCUT2D eigenvalue weighted by atomic mass is 16.3. The zero-order chi connectivity index (χ0) is 6.69. The van der Waals surface area contributed by atoms with Crippen LogP contribution in [0.15, 0.2) is 17.4 Å². The molecule has 0 amide bonds. The van der Waals surface area contributed by atoms with E-state index in [0.717, 1.165) is 0 Å². The number of aliphatic hydroxyl groups excluding tert-OH is 1. The van der Waals surface area contributed by atoms with Gasteiger partial charge in [-0.1, -0.05) is 0 Å². The van der Waals surface area contributed by atoms with E-state index in [1.165, 1.54) is 17.3 Å². The zero-order valence-electron chi connectivity index (χ0n) is 4.65. The van der Waals surface area contributed by atoms with E-state index < -0.39 is 0 Å². The summed E-state index contributed by atoms with van der Waals surface area (Å²) in [6.07, 6.45) is 4.72.